The average Bonchev–Trinajstić information content (AvgIpc) is 2.52. The highest BCUT2D eigenvalue weighted by atomic mass is 16.5. The van der Waals surface area contributed by atoms with Crippen molar-refractivity contribution < 1.29 is 9.53 Å². The van der Waals surface area contributed by atoms with Crippen molar-refractivity contribution in [3.8, 4) is 0 Å². The normalized spacial score (nSPS) is 10.1. The van der Waals surface area contributed by atoms with Crippen molar-refractivity contribution in [2.24, 2.45) is 0 Å². The van der Waals surface area contributed by atoms with E-state index in [9.17, 15) is 4.79 Å². The van der Waals surface area contributed by atoms with Crippen molar-refractivity contribution in [2.75, 3.05) is 11.9 Å². The van der Waals surface area contributed by atoms with Crippen LogP contribution in [0.15, 0.2) is 54.6 Å². The van der Waals surface area contributed by atoms with Gasteiger partial charge in [-0.3, -0.25) is 0 Å². The molecule has 0 radical (unpaired) electrons. The fourth-order valence-corrected chi connectivity index (χ4v) is 1.80. The van der Waals surface area contributed by atoms with E-state index in [0.717, 1.165) is 24.2 Å². The molecule has 0 aliphatic heterocycles. The zero-order valence-corrected chi connectivity index (χ0v) is 11.6. The van der Waals surface area contributed by atoms with E-state index in [1.807, 2.05) is 49.4 Å². The van der Waals surface area contributed by atoms with Gasteiger partial charge in [0.1, 0.15) is 0 Å². The molecule has 2 aromatic carbocycles. The topological polar surface area (TPSA) is 38.3 Å². The number of ether oxygens (including phenoxy) is 1. The Kier molecular flexibility index (Phi) is 5.18. The first-order valence-electron chi connectivity index (χ1n) is 6.84. The Hall–Kier alpha value is -2.29. The van der Waals surface area contributed by atoms with Crippen molar-refractivity contribution in [2.45, 2.75) is 19.9 Å². The molecule has 0 aliphatic rings. The standard InChI is InChI=1S/C17H19NO2/c1-2-12-20-17(19)15-10-8-14(9-11-15)13-18-16-6-4-3-5-7-16/h3-11,18H,2,12-13H2,1H3. The molecule has 2 aromatic rings. The molecule has 3 nitrogen and oxygen atoms in total. The summed E-state index contributed by atoms with van der Waals surface area (Å²) in [5.41, 5.74) is 2.81. The van der Waals surface area contributed by atoms with E-state index in [2.05, 4.69) is 5.32 Å². The van der Waals surface area contributed by atoms with Crippen LogP contribution in [0.25, 0.3) is 0 Å². The van der Waals surface area contributed by atoms with Crippen LogP contribution in [0.3, 0.4) is 0 Å². The first kappa shape index (κ1) is 14.1. The van der Waals surface area contributed by atoms with Crippen molar-refractivity contribution >= 4 is 11.7 Å². The van der Waals surface area contributed by atoms with Gasteiger partial charge in [-0.05, 0) is 36.2 Å². The Balaban J connectivity index is 1.90. The van der Waals surface area contributed by atoms with Gasteiger partial charge in [-0.25, -0.2) is 4.79 Å². The summed E-state index contributed by atoms with van der Waals surface area (Å²) in [6.45, 7) is 3.18. The van der Waals surface area contributed by atoms with E-state index in [1.165, 1.54) is 0 Å². The number of benzene rings is 2. The van der Waals surface area contributed by atoms with Crippen LogP contribution >= 0.6 is 0 Å². The van der Waals surface area contributed by atoms with Crippen molar-refractivity contribution in [1.29, 1.82) is 0 Å². The second-order valence-corrected chi connectivity index (χ2v) is 4.55. The molecule has 104 valence electrons. The fourth-order valence-electron chi connectivity index (χ4n) is 1.80. The molecule has 0 heterocycles. The molecule has 2 rings (SSSR count). The van der Waals surface area contributed by atoms with Gasteiger partial charge < -0.3 is 10.1 Å². The van der Waals surface area contributed by atoms with Crippen LogP contribution in [-0.2, 0) is 11.3 Å². The number of para-hydroxylation sites is 1. The minimum atomic E-state index is -0.255. The second kappa shape index (κ2) is 7.34. The van der Waals surface area contributed by atoms with Gasteiger partial charge in [0.05, 0.1) is 12.2 Å². The number of carbonyl (C=O) groups is 1. The average molecular weight is 269 g/mol. The number of rotatable bonds is 6. The summed E-state index contributed by atoms with van der Waals surface area (Å²) in [6, 6.07) is 17.5. The lowest BCUT2D eigenvalue weighted by atomic mass is 10.1. The smallest absolute Gasteiger partial charge is 0.338 e. The summed E-state index contributed by atoms with van der Waals surface area (Å²) in [4.78, 5) is 11.7. The van der Waals surface area contributed by atoms with Crippen LogP contribution in [0.4, 0.5) is 5.69 Å². The SMILES string of the molecule is CCCOC(=O)c1ccc(CNc2ccccc2)cc1. The number of anilines is 1. The zero-order valence-electron chi connectivity index (χ0n) is 11.6. The van der Waals surface area contributed by atoms with E-state index in [0.29, 0.717) is 12.2 Å². The molecular weight excluding hydrogens is 250 g/mol. The van der Waals surface area contributed by atoms with Gasteiger partial charge in [-0.1, -0.05) is 37.3 Å². The molecule has 0 fully saturated rings. The van der Waals surface area contributed by atoms with E-state index in [-0.39, 0.29) is 5.97 Å². The molecule has 0 saturated carbocycles. The van der Waals surface area contributed by atoms with E-state index in [4.69, 9.17) is 4.74 Å². The molecular formula is C17H19NO2. The molecule has 0 unspecified atom stereocenters. The molecule has 0 spiro atoms. The molecule has 20 heavy (non-hydrogen) atoms. The van der Waals surface area contributed by atoms with Gasteiger partial charge in [-0.15, -0.1) is 0 Å². The minimum absolute atomic E-state index is 0.255. The molecule has 3 heteroatoms. The van der Waals surface area contributed by atoms with Gasteiger partial charge in [0.25, 0.3) is 0 Å². The number of carbonyl (C=O) groups excluding carboxylic acids is 1. The van der Waals surface area contributed by atoms with Crippen molar-refractivity contribution in [3.63, 3.8) is 0 Å². The number of esters is 1. The summed E-state index contributed by atoms with van der Waals surface area (Å²) >= 11 is 0. The third kappa shape index (κ3) is 4.12. The lowest BCUT2D eigenvalue weighted by Crippen LogP contribution is -2.06. The minimum Gasteiger partial charge on any atom is -0.462 e. The highest BCUT2D eigenvalue weighted by Gasteiger charge is 2.05. The summed E-state index contributed by atoms with van der Waals surface area (Å²) < 4.78 is 5.09. The Bertz CT molecular complexity index is 535. The van der Waals surface area contributed by atoms with Crippen molar-refractivity contribution in [1.82, 2.24) is 0 Å². The Morgan fingerprint density at radius 3 is 2.40 bits per heavy atom. The molecule has 0 aromatic heterocycles. The molecule has 0 aliphatic carbocycles. The number of hydrogen-bond donors (Lipinski definition) is 1. The maximum atomic E-state index is 11.7. The van der Waals surface area contributed by atoms with Gasteiger partial charge in [0.2, 0.25) is 0 Å². The lowest BCUT2D eigenvalue weighted by Gasteiger charge is -2.07. The van der Waals surface area contributed by atoms with Gasteiger partial charge >= 0.3 is 5.97 Å². The Morgan fingerprint density at radius 2 is 1.75 bits per heavy atom. The Labute approximate surface area is 119 Å². The fraction of sp³-hybridized carbons (Fsp3) is 0.235. The monoisotopic (exact) mass is 269 g/mol. The van der Waals surface area contributed by atoms with Crippen LogP contribution in [0.2, 0.25) is 0 Å². The predicted molar refractivity (Wildman–Crippen MR) is 80.8 cm³/mol. The van der Waals surface area contributed by atoms with Crippen LogP contribution in [0.5, 0.6) is 0 Å². The lowest BCUT2D eigenvalue weighted by molar-refractivity contribution is 0.0505. The number of hydrogen-bond acceptors (Lipinski definition) is 3. The Morgan fingerprint density at radius 1 is 1.05 bits per heavy atom. The largest absolute Gasteiger partial charge is 0.462 e. The third-order valence-electron chi connectivity index (χ3n) is 2.90. The van der Waals surface area contributed by atoms with E-state index >= 15 is 0 Å². The zero-order chi connectivity index (χ0) is 14.2. The number of nitrogens with one attached hydrogen (secondary N) is 1. The van der Waals surface area contributed by atoms with Gasteiger partial charge in [-0.2, -0.15) is 0 Å². The molecule has 0 amide bonds. The van der Waals surface area contributed by atoms with Crippen LogP contribution in [-0.4, -0.2) is 12.6 Å². The van der Waals surface area contributed by atoms with E-state index in [1.54, 1.807) is 12.1 Å². The molecule has 0 bridgehead atoms. The highest BCUT2D eigenvalue weighted by molar-refractivity contribution is 5.89. The maximum Gasteiger partial charge on any atom is 0.338 e. The highest BCUT2D eigenvalue weighted by Crippen LogP contribution is 2.10. The first-order chi connectivity index (χ1) is 9.79. The third-order valence-corrected chi connectivity index (χ3v) is 2.90. The van der Waals surface area contributed by atoms with Crippen LogP contribution < -0.4 is 5.32 Å². The first-order valence-corrected chi connectivity index (χ1v) is 6.84. The summed E-state index contributed by atoms with van der Waals surface area (Å²) in [5, 5.41) is 3.33. The van der Waals surface area contributed by atoms with Gasteiger partial charge in [0, 0.05) is 12.2 Å². The second-order valence-electron chi connectivity index (χ2n) is 4.55. The summed E-state index contributed by atoms with van der Waals surface area (Å²) in [7, 11) is 0. The quantitative estimate of drug-likeness (QED) is 0.809. The predicted octanol–water partition coefficient (Wildman–Crippen LogP) is 3.87. The molecule has 0 saturated heterocycles. The van der Waals surface area contributed by atoms with E-state index < -0.39 is 0 Å². The molecule has 1 N–H and O–H groups in total. The van der Waals surface area contributed by atoms with Crippen LogP contribution in [0.1, 0.15) is 29.3 Å². The van der Waals surface area contributed by atoms with Crippen molar-refractivity contribution in [3.05, 3.63) is 65.7 Å². The summed E-state index contributed by atoms with van der Waals surface area (Å²) in [5.74, 6) is -0.255. The molecule has 0 atom stereocenters. The van der Waals surface area contributed by atoms with Gasteiger partial charge in [0.15, 0.2) is 0 Å². The van der Waals surface area contributed by atoms with Crippen LogP contribution in [0, 0.1) is 0 Å². The summed E-state index contributed by atoms with van der Waals surface area (Å²) in [6.07, 6.45) is 0.838. The maximum absolute atomic E-state index is 11.7.